The summed E-state index contributed by atoms with van der Waals surface area (Å²) in [6.45, 7) is 1.45. The maximum Gasteiger partial charge on any atom is 0.109 e. The fourth-order valence-corrected chi connectivity index (χ4v) is 4.38. The standard InChI is InChI=1S/C21H34N2O3/c1-23(13-12-16-8-4-2-5-9-16)20-18(26-19(15-24)21(20)25)14-22-17-10-6-3-7-11-17/h2,4-5,8-9,17-22,24-25H,3,6-7,10-15H2,1H3. The van der Waals surface area contributed by atoms with Crippen molar-refractivity contribution in [2.24, 2.45) is 0 Å². The molecule has 2 aliphatic rings. The van der Waals surface area contributed by atoms with Crippen LogP contribution in [0.1, 0.15) is 37.7 Å². The number of nitrogens with one attached hydrogen (secondary N) is 1. The molecule has 0 aromatic heterocycles. The smallest absolute Gasteiger partial charge is 0.109 e. The van der Waals surface area contributed by atoms with Gasteiger partial charge in [-0.25, -0.2) is 0 Å². The molecule has 5 nitrogen and oxygen atoms in total. The number of hydrogen-bond acceptors (Lipinski definition) is 5. The molecule has 4 unspecified atom stereocenters. The van der Waals surface area contributed by atoms with E-state index in [1.807, 2.05) is 13.1 Å². The van der Waals surface area contributed by atoms with E-state index in [4.69, 9.17) is 4.74 Å². The lowest BCUT2D eigenvalue weighted by Gasteiger charge is -2.32. The van der Waals surface area contributed by atoms with E-state index in [1.165, 1.54) is 37.7 Å². The summed E-state index contributed by atoms with van der Waals surface area (Å²) in [5.74, 6) is 0. The summed E-state index contributed by atoms with van der Waals surface area (Å²) in [4.78, 5) is 2.19. The van der Waals surface area contributed by atoms with E-state index in [9.17, 15) is 10.2 Å². The number of likely N-dealkylation sites (N-methyl/N-ethyl adjacent to an activating group) is 1. The summed E-state index contributed by atoms with van der Waals surface area (Å²) in [7, 11) is 2.05. The van der Waals surface area contributed by atoms with Crippen molar-refractivity contribution in [2.75, 3.05) is 26.7 Å². The van der Waals surface area contributed by atoms with Crippen LogP contribution in [0, 0.1) is 0 Å². The van der Waals surface area contributed by atoms with Crippen LogP contribution in [0.25, 0.3) is 0 Å². The van der Waals surface area contributed by atoms with Crippen molar-refractivity contribution in [1.82, 2.24) is 10.2 Å². The number of benzene rings is 1. The van der Waals surface area contributed by atoms with Gasteiger partial charge in [0.05, 0.1) is 18.8 Å². The SMILES string of the molecule is CN(CCc1ccccc1)C1C(CNC2CCCCC2)OC(CO)C1O. The predicted octanol–water partition coefficient (Wildman–Crippen LogP) is 1.57. The van der Waals surface area contributed by atoms with Gasteiger partial charge in [0.25, 0.3) is 0 Å². The summed E-state index contributed by atoms with van der Waals surface area (Å²) in [6, 6.07) is 10.9. The van der Waals surface area contributed by atoms with Crippen molar-refractivity contribution < 1.29 is 14.9 Å². The number of nitrogens with zero attached hydrogens (tertiary/aromatic N) is 1. The molecule has 1 aromatic carbocycles. The fourth-order valence-electron chi connectivity index (χ4n) is 4.38. The van der Waals surface area contributed by atoms with Crippen LogP contribution in [0.3, 0.4) is 0 Å². The summed E-state index contributed by atoms with van der Waals surface area (Å²) in [5.41, 5.74) is 1.29. The molecule has 5 heteroatoms. The Morgan fingerprint density at radius 2 is 1.85 bits per heavy atom. The van der Waals surface area contributed by atoms with Gasteiger partial charge in [0.15, 0.2) is 0 Å². The highest BCUT2D eigenvalue weighted by Crippen LogP contribution is 2.26. The van der Waals surface area contributed by atoms with E-state index in [2.05, 4.69) is 34.5 Å². The molecule has 0 bridgehead atoms. The van der Waals surface area contributed by atoms with Crippen LogP contribution in [0.4, 0.5) is 0 Å². The Balaban J connectivity index is 1.56. The van der Waals surface area contributed by atoms with Crippen molar-refractivity contribution in [3.05, 3.63) is 35.9 Å². The quantitative estimate of drug-likeness (QED) is 0.655. The molecule has 1 aliphatic carbocycles. The number of rotatable bonds is 8. The van der Waals surface area contributed by atoms with Crippen molar-refractivity contribution in [3.63, 3.8) is 0 Å². The largest absolute Gasteiger partial charge is 0.394 e. The van der Waals surface area contributed by atoms with Crippen molar-refractivity contribution in [3.8, 4) is 0 Å². The highest BCUT2D eigenvalue weighted by Gasteiger charge is 2.45. The van der Waals surface area contributed by atoms with E-state index < -0.39 is 12.2 Å². The molecule has 146 valence electrons. The highest BCUT2D eigenvalue weighted by molar-refractivity contribution is 5.15. The van der Waals surface area contributed by atoms with Crippen LogP contribution >= 0.6 is 0 Å². The van der Waals surface area contributed by atoms with Gasteiger partial charge in [-0.05, 0) is 31.9 Å². The Bertz CT molecular complexity index is 521. The lowest BCUT2D eigenvalue weighted by Crippen LogP contribution is -2.50. The molecule has 1 saturated heterocycles. The van der Waals surface area contributed by atoms with Gasteiger partial charge in [-0.3, -0.25) is 4.90 Å². The molecular weight excluding hydrogens is 328 g/mol. The zero-order valence-electron chi connectivity index (χ0n) is 15.9. The molecule has 1 saturated carbocycles. The van der Waals surface area contributed by atoms with Gasteiger partial charge in [-0.2, -0.15) is 0 Å². The summed E-state index contributed by atoms with van der Waals surface area (Å²) in [6.07, 6.45) is 6.10. The maximum atomic E-state index is 10.7. The summed E-state index contributed by atoms with van der Waals surface area (Å²) < 4.78 is 6.00. The second-order valence-electron chi connectivity index (χ2n) is 7.84. The molecule has 3 N–H and O–H groups in total. The first-order valence-corrected chi connectivity index (χ1v) is 10.1. The Labute approximate surface area is 157 Å². The van der Waals surface area contributed by atoms with E-state index in [0.29, 0.717) is 6.04 Å². The van der Waals surface area contributed by atoms with E-state index in [1.54, 1.807) is 0 Å². The molecule has 4 atom stereocenters. The number of aliphatic hydroxyl groups is 2. The molecule has 3 rings (SSSR count). The highest BCUT2D eigenvalue weighted by atomic mass is 16.5. The van der Waals surface area contributed by atoms with Gasteiger partial charge < -0.3 is 20.3 Å². The lowest BCUT2D eigenvalue weighted by atomic mass is 9.95. The predicted molar refractivity (Wildman–Crippen MR) is 103 cm³/mol. The average molecular weight is 363 g/mol. The third-order valence-electron chi connectivity index (χ3n) is 5.96. The van der Waals surface area contributed by atoms with Crippen LogP contribution in [0.2, 0.25) is 0 Å². The molecule has 0 radical (unpaired) electrons. The fraction of sp³-hybridized carbons (Fsp3) is 0.714. The van der Waals surface area contributed by atoms with Gasteiger partial charge in [0.1, 0.15) is 12.2 Å². The van der Waals surface area contributed by atoms with Crippen molar-refractivity contribution in [2.45, 2.75) is 68.9 Å². The molecule has 2 fully saturated rings. The number of ether oxygens (including phenoxy) is 1. The first-order valence-electron chi connectivity index (χ1n) is 10.1. The van der Waals surface area contributed by atoms with Gasteiger partial charge in [0.2, 0.25) is 0 Å². The molecule has 0 spiro atoms. The minimum atomic E-state index is -0.654. The van der Waals surface area contributed by atoms with Crippen LogP contribution < -0.4 is 5.32 Å². The molecule has 1 aromatic rings. The zero-order chi connectivity index (χ0) is 18.4. The van der Waals surface area contributed by atoms with Gasteiger partial charge in [-0.15, -0.1) is 0 Å². The van der Waals surface area contributed by atoms with Crippen molar-refractivity contribution in [1.29, 1.82) is 0 Å². The number of hydrogen-bond donors (Lipinski definition) is 3. The van der Waals surface area contributed by atoms with Crippen LogP contribution in [0.5, 0.6) is 0 Å². The minimum Gasteiger partial charge on any atom is -0.394 e. The minimum absolute atomic E-state index is 0.0908. The van der Waals surface area contributed by atoms with Gasteiger partial charge >= 0.3 is 0 Å². The Morgan fingerprint density at radius 3 is 2.54 bits per heavy atom. The first-order chi connectivity index (χ1) is 12.7. The molecular formula is C21H34N2O3. The van der Waals surface area contributed by atoms with Gasteiger partial charge in [-0.1, -0.05) is 49.6 Å². The van der Waals surface area contributed by atoms with E-state index in [-0.39, 0.29) is 18.8 Å². The maximum absolute atomic E-state index is 10.7. The van der Waals surface area contributed by atoms with E-state index >= 15 is 0 Å². The average Bonchev–Trinajstić information content (AvgIpc) is 3.01. The van der Waals surface area contributed by atoms with Crippen LogP contribution in [-0.2, 0) is 11.2 Å². The topological polar surface area (TPSA) is 65.0 Å². The third-order valence-corrected chi connectivity index (χ3v) is 5.96. The molecule has 1 heterocycles. The zero-order valence-corrected chi connectivity index (χ0v) is 15.9. The summed E-state index contributed by atoms with van der Waals surface area (Å²) >= 11 is 0. The Kier molecular flexibility index (Phi) is 7.46. The Morgan fingerprint density at radius 1 is 1.12 bits per heavy atom. The monoisotopic (exact) mass is 362 g/mol. The Hall–Kier alpha value is -0.980. The molecule has 0 amide bonds. The van der Waals surface area contributed by atoms with Crippen molar-refractivity contribution >= 4 is 0 Å². The molecule has 1 aliphatic heterocycles. The normalized spacial score (nSPS) is 30.2. The second-order valence-corrected chi connectivity index (χ2v) is 7.84. The lowest BCUT2D eigenvalue weighted by molar-refractivity contribution is -0.0220. The molecule has 26 heavy (non-hydrogen) atoms. The first kappa shape index (κ1) is 19.8. The van der Waals surface area contributed by atoms with Crippen LogP contribution in [0.15, 0.2) is 30.3 Å². The van der Waals surface area contributed by atoms with Gasteiger partial charge in [0, 0.05) is 19.1 Å². The second kappa shape index (κ2) is 9.81. The van der Waals surface area contributed by atoms with E-state index in [0.717, 1.165) is 19.5 Å². The summed E-state index contributed by atoms with van der Waals surface area (Å²) in [5, 5.41) is 23.9. The number of aliphatic hydroxyl groups excluding tert-OH is 2. The van der Waals surface area contributed by atoms with Crippen LogP contribution in [-0.4, -0.2) is 72.3 Å². The third kappa shape index (κ3) is 5.05.